The third-order valence-corrected chi connectivity index (χ3v) is 6.06. The van der Waals surface area contributed by atoms with E-state index in [4.69, 9.17) is 15.7 Å². The minimum Gasteiger partial charge on any atom is -0.384 e. The minimum absolute atomic E-state index is 0.215. The Kier molecular flexibility index (Phi) is 6.12. The molecule has 0 aliphatic rings. The van der Waals surface area contributed by atoms with Crippen LogP contribution in [0.25, 0.3) is 27.9 Å². The Morgan fingerprint density at radius 3 is 2.31 bits per heavy atom. The number of fused-ring (bicyclic) bond motifs is 2. The van der Waals surface area contributed by atoms with Crippen LogP contribution in [0.4, 0.5) is 5.82 Å². The highest BCUT2D eigenvalue weighted by molar-refractivity contribution is 6.11. The van der Waals surface area contributed by atoms with Gasteiger partial charge in [0.05, 0.1) is 11.0 Å². The largest absolute Gasteiger partial charge is 0.384 e. The summed E-state index contributed by atoms with van der Waals surface area (Å²) in [6, 6.07) is 16.0. The van der Waals surface area contributed by atoms with Gasteiger partial charge < -0.3 is 11.1 Å². The molecule has 2 heterocycles. The lowest BCUT2D eigenvalue weighted by atomic mass is 9.99. The van der Waals surface area contributed by atoms with Crippen molar-refractivity contribution in [3.8, 4) is 5.69 Å². The highest BCUT2D eigenvalue weighted by Crippen LogP contribution is 2.31. The molecular formula is C26H31N5O. The zero-order chi connectivity index (χ0) is 22.8. The Morgan fingerprint density at radius 1 is 1.03 bits per heavy atom. The number of aromatic nitrogens is 3. The second kappa shape index (κ2) is 8.99. The van der Waals surface area contributed by atoms with Gasteiger partial charge in [0.25, 0.3) is 5.91 Å². The van der Waals surface area contributed by atoms with Crippen LogP contribution in [-0.2, 0) is 0 Å². The van der Waals surface area contributed by atoms with Gasteiger partial charge in [-0.1, -0.05) is 52.0 Å². The van der Waals surface area contributed by atoms with Gasteiger partial charge in [0, 0.05) is 12.2 Å². The molecule has 0 aliphatic heterocycles. The second-order valence-electron chi connectivity index (χ2n) is 8.82. The zero-order valence-electron chi connectivity index (χ0n) is 19.2. The van der Waals surface area contributed by atoms with Gasteiger partial charge in [0.1, 0.15) is 16.9 Å². The summed E-state index contributed by atoms with van der Waals surface area (Å²) in [5.74, 6) is 1.12. The van der Waals surface area contributed by atoms with Crippen molar-refractivity contribution < 1.29 is 4.79 Å². The van der Waals surface area contributed by atoms with Gasteiger partial charge in [-0.3, -0.25) is 9.36 Å². The smallest absolute Gasteiger partial charge is 0.257 e. The second-order valence-corrected chi connectivity index (χ2v) is 8.82. The number of hydrogen-bond acceptors (Lipinski definition) is 4. The Labute approximate surface area is 188 Å². The summed E-state index contributed by atoms with van der Waals surface area (Å²) in [7, 11) is 0. The van der Waals surface area contributed by atoms with E-state index in [9.17, 15) is 4.79 Å². The molecule has 6 heteroatoms. The van der Waals surface area contributed by atoms with Gasteiger partial charge in [0.15, 0.2) is 5.65 Å². The number of carbonyl (C=O) groups is 1. The lowest BCUT2D eigenvalue weighted by Gasteiger charge is -2.12. The molecule has 0 bridgehead atoms. The van der Waals surface area contributed by atoms with Gasteiger partial charge in [-0.05, 0) is 54.5 Å². The number of hydrogen-bond donors (Lipinski definition) is 2. The maximum Gasteiger partial charge on any atom is 0.257 e. The molecule has 32 heavy (non-hydrogen) atoms. The molecule has 0 unspecified atom stereocenters. The molecular weight excluding hydrogens is 398 g/mol. The van der Waals surface area contributed by atoms with Crippen LogP contribution in [-0.4, -0.2) is 27.0 Å². The first kappa shape index (κ1) is 21.8. The predicted molar refractivity (Wildman–Crippen MR) is 131 cm³/mol. The van der Waals surface area contributed by atoms with E-state index < -0.39 is 0 Å². The molecule has 0 saturated heterocycles. The lowest BCUT2D eigenvalue weighted by Crippen LogP contribution is -2.26. The summed E-state index contributed by atoms with van der Waals surface area (Å²) < 4.78 is 1.84. The van der Waals surface area contributed by atoms with Gasteiger partial charge in [-0.15, -0.1) is 0 Å². The number of carbonyl (C=O) groups excluding carboxylic acids is 1. The molecule has 0 saturated carbocycles. The topological polar surface area (TPSA) is 85.8 Å². The first-order chi connectivity index (χ1) is 15.4. The first-order valence-corrected chi connectivity index (χ1v) is 11.4. The number of anilines is 1. The molecule has 4 rings (SSSR count). The average molecular weight is 430 g/mol. The average Bonchev–Trinajstić information content (AvgIpc) is 3.07. The number of amides is 1. The monoisotopic (exact) mass is 429 g/mol. The lowest BCUT2D eigenvalue weighted by molar-refractivity contribution is 0.0954. The number of para-hydroxylation sites is 2. The van der Waals surface area contributed by atoms with E-state index in [0.717, 1.165) is 29.6 Å². The van der Waals surface area contributed by atoms with Crippen LogP contribution in [0, 0.1) is 5.92 Å². The molecule has 6 nitrogen and oxygen atoms in total. The summed E-state index contributed by atoms with van der Waals surface area (Å²) in [5, 5.41) is 3.01. The SMILES string of the molecule is CC[C@H](C)c1ccc(-n2c(N)c(C(=O)NCCC(C)C)c3nc4ccccc4nc32)cc1. The Hall–Kier alpha value is -3.41. The number of nitrogens with two attached hydrogens (primary N) is 1. The van der Waals surface area contributed by atoms with E-state index in [1.807, 2.05) is 41.0 Å². The Morgan fingerprint density at radius 2 is 1.69 bits per heavy atom. The van der Waals surface area contributed by atoms with E-state index in [0.29, 0.717) is 40.9 Å². The molecule has 1 atom stereocenters. The first-order valence-electron chi connectivity index (χ1n) is 11.4. The highest BCUT2D eigenvalue weighted by Gasteiger charge is 2.24. The van der Waals surface area contributed by atoms with Gasteiger partial charge in [0.2, 0.25) is 0 Å². The van der Waals surface area contributed by atoms with E-state index >= 15 is 0 Å². The van der Waals surface area contributed by atoms with Crippen molar-refractivity contribution in [2.75, 3.05) is 12.3 Å². The predicted octanol–water partition coefficient (Wildman–Crippen LogP) is 5.45. The molecule has 2 aromatic heterocycles. The third-order valence-electron chi connectivity index (χ3n) is 6.06. The number of nitrogen functional groups attached to an aromatic ring is 1. The van der Waals surface area contributed by atoms with Gasteiger partial charge >= 0.3 is 0 Å². The molecule has 1 amide bonds. The van der Waals surface area contributed by atoms with Crippen LogP contribution in [0.1, 0.15) is 62.4 Å². The zero-order valence-corrected chi connectivity index (χ0v) is 19.2. The molecule has 0 radical (unpaired) electrons. The van der Waals surface area contributed by atoms with E-state index in [-0.39, 0.29) is 5.91 Å². The van der Waals surface area contributed by atoms with Crippen LogP contribution in [0.15, 0.2) is 48.5 Å². The fourth-order valence-electron chi connectivity index (χ4n) is 3.90. The van der Waals surface area contributed by atoms with Gasteiger partial charge in [-0.2, -0.15) is 0 Å². The Bertz CT molecular complexity index is 1260. The molecule has 4 aromatic rings. The fourth-order valence-corrected chi connectivity index (χ4v) is 3.90. The summed E-state index contributed by atoms with van der Waals surface area (Å²) in [4.78, 5) is 22.8. The van der Waals surface area contributed by atoms with Crippen molar-refractivity contribution >= 4 is 33.9 Å². The van der Waals surface area contributed by atoms with E-state index in [2.05, 4.69) is 45.1 Å². The summed E-state index contributed by atoms with van der Waals surface area (Å²) in [6.07, 6.45) is 1.97. The van der Waals surface area contributed by atoms with Crippen LogP contribution in [0.5, 0.6) is 0 Å². The van der Waals surface area contributed by atoms with Crippen LogP contribution in [0.3, 0.4) is 0 Å². The molecule has 0 fully saturated rings. The van der Waals surface area contributed by atoms with Crippen molar-refractivity contribution in [3.63, 3.8) is 0 Å². The molecule has 3 N–H and O–H groups in total. The van der Waals surface area contributed by atoms with Crippen molar-refractivity contribution in [2.24, 2.45) is 5.92 Å². The third kappa shape index (κ3) is 4.05. The maximum absolute atomic E-state index is 13.2. The van der Waals surface area contributed by atoms with Crippen LogP contribution in [0.2, 0.25) is 0 Å². The van der Waals surface area contributed by atoms with Crippen molar-refractivity contribution in [3.05, 3.63) is 59.7 Å². The van der Waals surface area contributed by atoms with E-state index in [1.54, 1.807) is 0 Å². The normalized spacial score (nSPS) is 12.5. The molecule has 166 valence electrons. The number of benzene rings is 2. The standard InChI is InChI=1S/C26H31N5O/c1-5-17(4)18-10-12-19(13-11-18)31-24(27)22(26(32)28-15-14-16(2)3)23-25(31)30-21-9-7-6-8-20(21)29-23/h6-13,16-17H,5,14-15,27H2,1-4H3,(H,28,32)/t17-/m0/s1. The van der Waals surface area contributed by atoms with Crippen LogP contribution < -0.4 is 11.1 Å². The molecule has 0 aliphatic carbocycles. The molecule has 2 aromatic carbocycles. The van der Waals surface area contributed by atoms with Crippen LogP contribution >= 0.6 is 0 Å². The Balaban J connectivity index is 1.87. The summed E-state index contributed by atoms with van der Waals surface area (Å²) >= 11 is 0. The fraction of sp³-hybridized carbons (Fsp3) is 0.346. The quantitative estimate of drug-likeness (QED) is 0.409. The highest BCUT2D eigenvalue weighted by atomic mass is 16.1. The minimum atomic E-state index is -0.215. The van der Waals surface area contributed by atoms with Crippen molar-refractivity contribution in [2.45, 2.75) is 46.5 Å². The number of nitrogens with zero attached hydrogens (tertiary/aromatic N) is 3. The summed E-state index contributed by atoms with van der Waals surface area (Å²) in [5.41, 5.74) is 11.7. The molecule has 0 spiro atoms. The van der Waals surface area contributed by atoms with E-state index in [1.165, 1.54) is 5.56 Å². The maximum atomic E-state index is 13.2. The number of rotatable bonds is 7. The number of nitrogens with one attached hydrogen (secondary N) is 1. The van der Waals surface area contributed by atoms with Gasteiger partial charge in [-0.25, -0.2) is 9.97 Å². The van der Waals surface area contributed by atoms with Crippen molar-refractivity contribution in [1.82, 2.24) is 19.9 Å². The van der Waals surface area contributed by atoms with Crippen molar-refractivity contribution in [1.29, 1.82) is 0 Å². The summed E-state index contributed by atoms with van der Waals surface area (Å²) in [6.45, 7) is 9.25.